The van der Waals surface area contributed by atoms with E-state index in [1.807, 2.05) is 0 Å². The quantitative estimate of drug-likeness (QED) is 0.450. The summed E-state index contributed by atoms with van der Waals surface area (Å²) < 4.78 is 34.6. The van der Waals surface area contributed by atoms with E-state index < -0.39 is 21.6 Å². The van der Waals surface area contributed by atoms with E-state index in [1.165, 1.54) is 35.2 Å². The van der Waals surface area contributed by atoms with Gasteiger partial charge in [0.25, 0.3) is 10.0 Å². The van der Waals surface area contributed by atoms with Crippen molar-refractivity contribution in [2.24, 2.45) is 0 Å². The van der Waals surface area contributed by atoms with Gasteiger partial charge < -0.3 is 9.84 Å². The second-order valence-electron chi connectivity index (χ2n) is 7.19. The average Bonchev–Trinajstić information content (AvgIpc) is 3.29. The van der Waals surface area contributed by atoms with Gasteiger partial charge in [-0.15, -0.1) is 11.3 Å². The van der Waals surface area contributed by atoms with Crippen LogP contribution in [0.3, 0.4) is 0 Å². The maximum Gasteiger partial charge on any atom is 0.335 e. The van der Waals surface area contributed by atoms with E-state index in [-0.39, 0.29) is 11.5 Å². The largest absolute Gasteiger partial charge is 0.479 e. The molecule has 0 fully saturated rings. The van der Waals surface area contributed by atoms with Crippen molar-refractivity contribution < 1.29 is 23.1 Å². The van der Waals surface area contributed by atoms with E-state index in [0.29, 0.717) is 21.6 Å². The lowest BCUT2D eigenvalue weighted by atomic mass is 10.1. The van der Waals surface area contributed by atoms with Crippen LogP contribution in [0.5, 0.6) is 0 Å². The van der Waals surface area contributed by atoms with Crippen LogP contribution in [-0.2, 0) is 26.2 Å². The minimum Gasteiger partial charge on any atom is -0.479 e. The van der Waals surface area contributed by atoms with Gasteiger partial charge in [-0.1, -0.05) is 11.6 Å². The number of rotatable bonds is 6. The average molecular weight is 465 g/mol. The van der Waals surface area contributed by atoms with E-state index in [1.54, 1.807) is 41.9 Å². The molecule has 0 saturated heterocycles. The fourth-order valence-corrected chi connectivity index (χ4v) is 5.55. The van der Waals surface area contributed by atoms with Crippen molar-refractivity contribution >= 4 is 60.0 Å². The van der Waals surface area contributed by atoms with Crippen LogP contribution in [0.4, 0.5) is 0 Å². The van der Waals surface area contributed by atoms with Gasteiger partial charge in [0.2, 0.25) is 0 Å². The first kappa shape index (κ1) is 20.8. The second kappa shape index (κ2) is 7.35. The molecule has 2 aromatic carbocycles. The highest BCUT2D eigenvalue weighted by Crippen LogP contribution is 2.31. The molecule has 1 N–H and O–H groups in total. The Kier molecular flexibility index (Phi) is 5.09. The van der Waals surface area contributed by atoms with E-state index in [9.17, 15) is 18.3 Å². The van der Waals surface area contributed by atoms with Gasteiger partial charge in [0.1, 0.15) is 0 Å². The van der Waals surface area contributed by atoms with Crippen LogP contribution in [0.15, 0.2) is 52.9 Å². The molecule has 7 nitrogen and oxygen atoms in total. The molecule has 10 heteroatoms. The van der Waals surface area contributed by atoms with Crippen molar-refractivity contribution in [3.63, 3.8) is 0 Å². The maximum atomic E-state index is 13.6. The minimum absolute atomic E-state index is 0.102. The Balaban J connectivity index is 1.88. The van der Waals surface area contributed by atoms with Crippen LogP contribution >= 0.6 is 22.9 Å². The van der Waals surface area contributed by atoms with Crippen LogP contribution in [0.1, 0.15) is 19.5 Å². The molecule has 0 amide bonds. The van der Waals surface area contributed by atoms with Crippen LogP contribution < -0.4 is 0 Å². The lowest BCUT2D eigenvalue weighted by Crippen LogP contribution is -2.34. The number of nitrogens with zero attached hydrogens (tertiary/aromatic N) is 2. The number of hydrogen-bond donors (Lipinski definition) is 1. The lowest BCUT2D eigenvalue weighted by molar-refractivity contribution is -0.162. The molecule has 2 aromatic heterocycles. The summed E-state index contributed by atoms with van der Waals surface area (Å²) in [6.45, 7) is 2.60. The third kappa shape index (κ3) is 3.58. The zero-order valence-corrected chi connectivity index (χ0v) is 18.4. The topological polar surface area (TPSA) is 98.5 Å². The van der Waals surface area contributed by atoms with Gasteiger partial charge in [-0.3, -0.25) is 0 Å². The molecule has 0 aliphatic rings. The number of aromatic nitrogens is 2. The van der Waals surface area contributed by atoms with Gasteiger partial charge in [0.15, 0.2) is 5.60 Å². The highest BCUT2D eigenvalue weighted by molar-refractivity contribution is 7.90. The molecule has 0 aliphatic carbocycles. The van der Waals surface area contributed by atoms with Crippen LogP contribution in [0.25, 0.3) is 21.1 Å². The number of carboxylic acids is 1. The number of carboxylic acid groups (broad SMARTS) is 1. The Bertz CT molecular complexity index is 1390. The van der Waals surface area contributed by atoms with Crippen LogP contribution in [0.2, 0.25) is 5.02 Å². The number of carbonyl (C=O) groups is 1. The monoisotopic (exact) mass is 464 g/mol. The second-order valence-corrected chi connectivity index (χ2v) is 10.3. The molecule has 0 saturated carbocycles. The number of hydrogen-bond acceptors (Lipinski definition) is 6. The maximum absolute atomic E-state index is 13.6. The van der Waals surface area contributed by atoms with E-state index in [4.69, 9.17) is 16.3 Å². The van der Waals surface area contributed by atoms with Crippen molar-refractivity contribution in [3.8, 4) is 0 Å². The van der Waals surface area contributed by atoms with Crippen LogP contribution in [-0.4, -0.2) is 34.1 Å². The number of halogens is 1. The molecule has 30 heavy (non-hydrogen) atoms. The van der Waals surface area contributed by atoms with Gasteiger partial charge in [0, 0.05) is 10.4 Å². The number of fused-ring (bicyclic) bond motifs is 2. The highest BCUT2D eigenvalue weighted by Gasteiger charge is 2.30. The Morgan fingerprint density at radius 3 is 2.73 bits per heavy atom. The Hall–Kier alpha value is -2.46. The molecule has 156 valence electrons. The molecular weight excluding hydrogens is 448 g/mol. The van der Waals surface area contributed by atoms with Crippen molar-refractivity contribution in [3.05, 3.63) is 58.7 Å². The van der Waals surface area contributed by atoms with Gasteiger partial charge >= 0.3 is 5.97 Å². The summed E-state index contributed by atoms with van der Waals surface area (Å²) in [5.41, 5.74) is 1.61. The molecule has 0 spiro atoms. The summed E-state index contributed by atoms with van der Waals surface area (Å²) in [4.78, 5) is 15.7. The molecular formula is C20H17ClN2O5S2. The summed E-state index contributed by atoms with van der Waals surface area (Å²) in [5.74, 6) is -1.15. The molecule has 2 heterocycles. The summed E-state index contributed by atoms with van der Waals surface area (Å²) in [6.07, 6.45) is 0. The minimum atomic E-state index is -4.00. The zero-order valence-electron chi connectivity index (χ0n) is 16.0. The molecule has 0 atom stereocenters. The molecule has 4 aromatic rings. The van der Waals surface area contributed by atoms with Gasteiger partial charge in [0.05, 0.1) is 38.4 Å². The molecule has 0 unspecified atom stereocenters. The number of benzene rings is 2. The molecule has 0 aliphatic heterocycles. The van der Waals surface area contributed by atoms with Gasteiger partial charge in [-0.25, -0.2) is 22.2 Å². The summed E-state index contributed by atoms with van der Waals surface area (Å²) >= 11 is 7.43. The van der Waals surface area contributed by atoms with E-state index in [2.05, 4.69) is 4.98 Å². The summed E-state index contributed by atoms with van der Waals surface area (Å²) in [6, 6.07) is 11.3. The first-order valence-electron chi connectivity index (χ1n) is 8.86. The van der Waals surface area contributed by atoms with Gasteiger partial charge in [-0.2, -0.15) is 0 Å². The normalized spacial score (nSPS) is 12.6. The highest BCUT2D eigenvalue weighted by atomic mass is 35.5. The van der Waals surface area contributed by atoms with Crippen molar-refractivity contribution in [2.75, 3.05) is 0 Å². The smallest absolute Gasteiger partial charge is 0.335 e. The fourth-order valence-electron chi connectivity index (χ4n) is 3.02. The first-order valence-corrected chi connectivity index (χ1v) is 11.6. The molecule has 0 radical (unpaired) electrons. The molecule has 4 rings (SSSR count). The zero-order chi connectivity index (χ0) is 21.7. The third-order valence-corrected chi connectivity index (χ3v) is 7.52. The number of thiazole rings is 1. The standard InChI is InChI=1S/C20H17ClN2O5S2/c1-20(2,19(24)25)28-10-14-8-12-7-13(21)3-6-17(12)23(14)30(26,27)15-4-5-16-18(9-15)29-11-22-16/h3-9,11H,10H2,1-2H3,(H,24,25). The lowest BCUT2D eigenvalue weighted by Gasteiger charge is -2.21. The number of aliphatic carboxylic acids is 1. The summed E-state index contributed by atoms with van der Waals surface area (Å²) in [5, 5.41) is 10.4. The predicted molar refractivity (Wildman–Crippen MR) is 116 cm³/mol. The Morgan fingerprint density at radius 1 is 1.23 bits per heavy atom. The van der Waals surface area contributed by atoms with E-state index in [0.717, 1.165) is 10.2 Å². The Labute approximate surface area is 181 Å². The first-order chi connectivity index (χ1) is 14.1. The third-order valence-electron chi connectivity index (χ3n) is 4.73. The van der Waals surface area contributed by atoms with Gasteiger partial charge in [-0.05, 0) is 56.3 Å². The van der Waals surface area contributed by atoms with E-state index >= 15 is 0 Å². The molecule has 0 bridgehead atoms. The number of ether oxygens (including phenoxy) is 1. The Morgan fingerprint density at radius 2 is 2.00 bits per heavy atom. The summed E-state index contributed by atoms with van der Waals surface area (Å²) in [7, 11) is -4.00. The van der Waals surface area contributed by atoms with Crippen LogP contribution in [0, 0.1) is 0 Å². The fraction of sp³-hybridized carbons (Fsp3) is 0.200. The predicted octanol–water partition coefficient (Wildman–Crippen LogP) is 4.52. The van der Waals surface area contributed by atoms with Crippen molar-refractivity contribution in [1.82, 2.24) is 8.96 Å². The van der Waals surface area contributed by atoms with Crippen molar-refractivity contribution in [1.29, 1.82) is 0 Å². The SMILES string of the molecule is CC(C)(OCc1cc2cc(Cl)ccc2n1S(=O)(=O)c1ccc2ncsc2c1)C(=O)O. The van der Waals surface area contributed by atoms with Crippen molar-refractivity contribution in [2.45, 2.75) is 31.0 Å².